The average Bonchev–Trinajstić information content (AvgIpc) is 2.22. The van der Waals surface area contributed by atoms with E-state index in [1.807, 2.05) is 6.07 Å². The van der Waals surface area contributed by atoms with Crippen LogP contribution in [-0.4, -0.2) is 11.7 Å². The number of nitriles is 1. The lowest BCUT2D eigenvalue weighted by Gasteiger charge is -2.01. The van der Waals surface area contributed by atoms with E-state index in [-0.39, 0.29) is 18.8 Å². The van der Waals surface area contributed by atoms with E-state index in [1.165, 1.54) is 12.1 Å². The van der Waals surface area contributed by atoms with Crippen molar-refractivity contribution in [2.45, 2.75) is 12.8 Å². The van der Waals surface area contributed by atoms with Gasteiger partial charge in [0.15, 0.2) is 0 Å². The maximum atomic E-state index is 12.9. The molecule has 1 N–H and O–H groups in total. The largest absolute Gasteiger partial charge is 0.396 e. The normalized spacial score (nSPS) is 10.5. The van der Waals surface area contributed by atoms with Crippen molar-refractivity contribution in [1.29, 1.82) is 5.26 Å². The van der Waals surface area contributed by atoms with Crippen LogP contribution in [0.2, 0.25) is 0 Å². The minimum Gasteiger partial charge on any atom is -0.396 e. The van der Waals surface area contributed by atoms with Crippen molar-refractivity contribution < 1.29 is 9.50 Å². The van der Waals surface area contributed by atoms with Crippen LogP contribution in [0.5, 0.6) is 0 Å². The molecule has 3 heteroatoms. The molecule has 0 saturated heterocycles. The van der Waals surface area contributed by atoms with Gasteiger partial charge in [-0.05, 0) is 29.7 Å². The predicted molar refractivity (Wildman–Crippen MR) is 56.5 cm³/mol. The highest BCUT2D eigenvalue weighted by atomic mass is 19.1. The Labute approximate surface area is 88.3 Å². The van der Waals surface area contributed by atoms with E-state index in [9.17, 15) is 4.39 Å². The summed E-state index contributed by atoms with van der Waals surface area (Å²) < 4.78 is 12.9. The van der Waals surface area contributed by atoms with Gasteiger partial charge in [-0.25, -0.2) is 4.39 Å². The molecule has 1 rings (SSSR count). The van der Waals surface area contributed by atoms with Crippen molar-refractivity contribution in [3.63, 3.8) is 0 Å². The summed E-state index contributed by atoms with van der Waals surface area (Å²) in [6.45, 7) is 0.0688. The highest BCUT2D eigenvalue weighted by molar-refractivity contribution is 5.54. The van der Waals surface area contributed by atoms with E-state index >= 15 is 0 Å². The van der Waals surface area contributed by atoms with Crippen LogP contribution in [0.3, 0.4) is 0 Å². The summed E-state index contributed by atoms with van der Waals surface area (Å²) in [6, 6.07) is 6.37. The van der Waals surface area contributed by atoms with E-state index in [0.29, 0.717) is 12.0 Å². The zero-order valence-corrected chi connectivity index (χ0v) is 8.28. The van der Waals surface area contributed by atoms with Crippen LogP contribution in [0.15, 0.2) is 24.3 Å². The van der Waals surface area contributed by atoms with Crippen LogP contribution < -0.4 is 0 Å². The first-order valence-corrected chi connectivity index (χ1v) is 4.70. The molecule has 0 atom stereocenters. The number of rotatable bonds is 4. The van der Waals surface area contributed by atoms with Crippen molar-refractivity contribution >= 4 is 6.08 Å². The molecule has 0 fully saturated rings. The summed E-state index contributed by atoms with van der Waals surface area (Å²) in [7, 11) is 0. The quantitative estimate of drug-likeness (QED) is 0.819. The number of nitrogens with zero attached hydrogens (tertiary/aromatic N) is 1. The Balaban J connectivity index is 2.92. The molecule has 0 heterocycles. The third-order valence-corrected chi connectivity index (χ3v) is 1.97. The molecule has 15 heavy (non-hydrogen) atoms. The van der Waals surface area contributed by atoms with Gasteiger partial charge in [-0.3, -0.25) is 0 Å². The lowest BCUT2D eigenvalue weighted by Crippen LogP contribution is -1.89. The lowest BCUT2D eigenvalue weighted by atomic mass is 10.0. The van der Waals surface area contributed by atoms with Crippen molar-refractivity contribution in [3.05, 3.63) is 41.2 Å². The fraction of sp³-hybridized carbons (Fsp3) is 0.250. The van der Waals surface area contributed by atoms with Crippen LogP contribution in [0.4, 0.5) is 4.39 Å². The number of halogens is 1. The first-order chi connectivity index (χ1) is 7.27. The summed E-state index contributed by atoms with van der Waals surface area (Å²) in [5.41, 5.74) is 1.50. The summed E-state index contributed by atoms with van der Waals surface area (Å²) in [5, 5.41) is 17.2. The third kappa shape index (κ3) is 3.53. The molecule has 0 aliphatic heterocycles. The van der Waals surface area contributed by atoms with Crippen LogP contribution >= 0.6 is 0 Å². The Morgan fingerprint density at radius 2 is 2.27 bits per heavy atom. The molecular formula is C12H12FNO. The molecule has 0 aliphatic rings. The van der Waals surface area contributed by atoms with Crippen LogP contribution in [0, 0.1) is 17.1 Å². The highest BCUT2D eigenvalue weighted by Gasteiger charge is 2.00. The molecular weight excluding hydrogens is 193 g/mol. The molecule has 1 aromatic carbocycles. The van der Waals surface area contributed by atoms with Gasteiger partial charge >= 0.3 is 0 Å². The van der Waals surface area contributed by atoms with E-state index in [0.717, 1.165) is 5.56 Å². The monoisotopic (exact) mass is 205 g/mol. The SMILES string of the molecule is N#CCc1ccc(F)cc1C=CCCO. The molecule has 0 radical (unpaired) electrons. The summed E-state index contributed by atoms with van der Waals surface area (Å²) in [6.07, 6.45) is 4.28. The average molecular weight is 205 g/mol. The maximum Gasteiger partial charge on any atom is 0.123 e. The molecule has 78 valence electrons. The highest BCUT2D eigenvalue weighted by Crippen LogP contribution is 2.14. The number of aliphatic hydroxyl groups is 1. The molecule has 2 nitrogen and oxygen atoms in total. The van der Waals surface area contributed by atoms with Gasteiger partial charge in [0.1, 0.15) is 5.82 Å². The Morgan fingerprint density at radius 3 is 2.93 bits per heavy atom. The fourth-order valence-electron chi connectivity index (χ4n) is 1.25. The van der Waals surface area contributed by atoms with E-state index < -0.39 is 0 Å². The molecule has 0 amide bonds. The van der Waals surface area contributed by atoms with Gasteiger partial charge in [0.25, 0.3) is 0 Å². The Kier molecular flexibility index (Phi) is 4.52. The van der Waals surface area contributed by atoms with E-state index in [2.05, 4.69) is 0 Å². The second kappa shape index (κ2) is 5.94. The van der Waals surface area contributed by atoms with Gasteiger partial charge in [-0.15, -0.1) is 0 Å². The second-order valence-electron chi connectivity index (χ2n) is 3.09. The number of benzene rings is 1. The zero-order valence-electron chi connectivity index (χ0n) is 8.28. The lowest BCUT2D eigenvalue weighted by molar-refractivity contribution is 0.303. The Bertz CT molecular complexity index is 393. The standard InChI is InChI=1S/C12H12FNO/c13-12-5-4-10(6-7-14)11(9-12)3-1-2-8-15/h1,3-5,9,15H,2,6,8H2. The van der Waals surface area contributed by atoms with Crippen molar-refractivity contribution in [3.8, 4) is 6.07 Å². The number of aliphatic hydroxyl groups excluding tert-OH is 1. The summed E-state index contributed by atoms with van der Waals surface area (Å²) in [5.74, 6) is -0.319. The molecule has 0 spiro atoms. The van der Waals surface area contributed by atoms with E-state index in [1.54, 1.807) is 18.2 Å². The van der Waals surface area contributed by atoms with E-state index in [4.69, 9.17) is 10.4 Å². The van der Waals surface area contributed by atoms with Crippen LogP contribution in [0.25, 0.3) is 6.08 Å². The predicted octanol–water partition coefficient (Wildman–Crippen LogP) is 2.29. The van der Waals surface area contributed by atoms with Gasteiger partial charge < -0.3 is 5.11 Å². The van der Waals surface area contributed by atoms with Gasteiger partial charge in [0.05, 0.1) is 12.5 Å². The fourth-order valence-corrected chi connectivity index (χ4v) is 1.25. The summed E-state index contributed by atoms with van der Waals surface area (Å²) >= 11 is 0. The Morgan fingerprint density at radius 1 is 1.47 bits per heavy atom. The topological polar surface area (TPSA) is 44.0 Å². The van der Waals surface area contributed by atoms with Crippen LogP contribution in [-0.2, 0) is 6.42 Å². The molecule has 0 aromatic heterocycles. The van der Waals surface area contributed by atoms with Crippen molar-refractivity contribution in [2.24, 2.45) is 0 Å². The second-order valence-corrected chi connectivity index (χ2v) is 3.09. The molecule has 0 aliphatic carbocycles. The first kappa shape index (κ1) is 11.4. The maximum absolute atomic E-state index is 12.9. The number of hydrogen-bond donors (Lipinski definition) is 1. The van der Waals surface area contributed by atoms with Gasteiger partial charge in [0.2, 0.25) is 0 Å². The van der Waals surface area contributed by atoms with Crippen LogP contribution in [0.1, 0.15) is 17.5 Å². The molecule has 0 bridgehead atoms. The first-order valence-electron chi connectivity index (χ1n) is 4.70. The molecule has 1 aromatic rings. The van der Waals surface area contributed by atoms with Gasteiger partial charge in [-0.1, -0.05) is 18.2 Å². The molecule has 0 saturated carbocycles. The summed E-state index contributed by atoms with van der Waals surface area (Å²) in [4.78, 5) is 0. The van der Waals surface area contributed by atoms with Gasteiger partial charge in [-0.2, -0.15) is 5.26 Å². The van der Waals surface area contributed by atoms with Gasteiger partial charge in [0, 0.05) is 6.61 Å². The zero-order chi connectivity index (χ0) is 11.1. The molecule has 0 unspecified atom stereocenters. The Hall–Kier alpha value is -1.66. The minimum atomic E-state index is -0.319. The van der Waals surface area contributed by atoms with Crippen molar-refractivity contribution in [1.82, 2.24) is 0 Å². The number of hydrogen-bond acceptors (Lipinski definition) is 2. The third-order valence-electron chi connectivity index (χ3n) is 1.97. The minimum absolute atomic E-state index is 0.0688. The van der Waals surface area contributed by atoms with Crippen molar-refractivity contribution in [2.75, 3.05) is 6.61 Å². The smallest absolute Gasteiger partial charge is 0.123 e.